The van der Waals surface area contributed by atoms with E-state index in [1.54, 1.807) is 12.4 Å². The lowest BCUT2D eigenvalue weighted by molar-refractivity contribution is 0.287. The number of hydrogen-bond donors (Lipinski definition) is 1. The van der Waals surface area contributed by atoms with Gasteiger partial charge in [0.05, 0.1) is 18.9 Å². The maximum absolute atomic E-state index is 5.82. The Morgan fingerprint density at radius 3 is 2.37 bits per heavy atom. The zero-order valence-electron chi connectivity index (χ0n) is 17.3. The molecule has 3 aromatic rings. The lowest BCUT2D eigenvalue weighted by Crippen LogP contribution is -2.19. The van der Waals surface area contributed by atoms with Gasteiger partial charge in [-0.25, -0.2) is 4.99 Å². The average Bonchev–Trinajstić information content (AvgIpc) is 2.95. The third kappa shape index (κ3) is 4.03. The Balaban J connectivity index is 1.82. The standard InChI is InChI=1S/C24H24N4O2/c1-4-29-21-9-7-18(15-22(21)30-5-2)23-19-14-16(3)6-8-20(19)26-24(28-27-23)17-10-12-25-13-11-17/h6-15H,4-5H2,1-3H3,(H,26,28). The molecular formula is C24H24N4O2. The summed E-state index contributed by atoms with van der Waals surface area (Å²) in [5.74, 6) is 2.10. The molecule has 0 radical (unpaired) electrons. The van der Waals surface area contributed by atoms with Crippen molar-refractivity contribution in [3.8, 4) is 11.5 Å². The second-order valence-electron chi connectivity index (χ2n) is 6.82. The molecule has 0 fully saturated rings. The number of nitrogens with zero attached hydrogens (tertiary/aromatic N) is 3. The van der Waals surface area contributed by atoms with Crippen LogP contribution in [0.15, 0.2) is 71.0 Å². The van der Waals surface area contributed by atoms with Gasteiger partial charge in [-0.05, 0) is 63.2 Å². The summed E-state index contributed by atoms with van der Waals surface area (Å²) in [7, 11) is 0. The molecule has 0 bridgehead atoms. The first kappa shape index (κ1) is 19.6. The van der Waals surface area contributed by atoms with Crippen LogP contribution in [0.2, 0.25) is 0 Å². The zero-order valence-corrected chi connectivity index (χ0v) is 17.3. The summed E-state index contributed by atoms with van der Waals surface area (Å²) in [6, 6.07) is 15.9. The minimum absolute atomic E-state index is 0.555. The average molecular weight is 400 g/mol. The molecule has 1 aliphatic rings. The Hall–Kier alpha value is -3.67. The number of nitrogens with one attached hydrogen (secondary N) is 1. The van der Waals surface area contributed by atoms with Crippen molar-refractivity contribution < 1.29 is 9.47 Å². The monoisotopic (exact) mass is 400 g/mol. The highest BCUT2D eigenvalue weighted by atomic mass is 16.5. The molecule has 0 spiro atoms. The third-order valence-corrected chi connectivity index (χ3v) is 4.68. The predicted octanol–water partition coefficient (Wildman–Crippen LogP) is 4.62. The van der Waals surface area contributed by atoms with Gasteiger partial charge in [0.1, 0.15) is 5.71 Å². The molecule has 0 atom stereocenters. The number of benzene rings is 2. The molecule has 152 valence electrons. The Morgan fingerprint density at radius 1 is 0.833 bits per heavy atom. The van der Waals surface area contributed by atoms with Crippen LogP contribution in [0.25, 0.3) is 0 Å². The van der Waals surface area contributed by atoms with E-state index in [-0.39, 0.29) is 0 Å². The molecule has 4 rings (SSSR count). The summed E-state index contributed by atoms with van der Waals surface area (Å²) >= 11 is 0. The summed E-state index contributed by atoms with van der Waals surface area (Å²) in [6.07, 6.45) is 3.48. The minimum Gasteiger partial charge on any atom is -0.490 e. The molecule has 1 N–H and O–H groups in total. The molecule has 1 aliphatic heterocycles. The Kier molecular flexibility index (Phi) is 5.75. The molecule has 6 nitrogen and oxygen atoms in total. The van der Waals surface area contributed by atoms with E-state index in [0.29, 0.717) is 24.8 Å². The molecule has 0 aliphatic carbocycles. The number of rotatable bonds is 6. The lowest BCUT2D eigenvalue weighted by Gasteiger charge is -2.14. The van der Waals surface area contributed by atoms with E-state index < -0.39 is 0 Å². The molecular weight excluding hydrogens is 376 g/mol. The van der Waals surface area contributed by atoms with Crippen molar-refractivity contribution in [2.75, 3.05) is 13.2 Å². The molecule has 0 saturated heterocycles. The highest BCUT2D eigenvalue weighted by Gasteiger charge is 2.19. The molecule has 30 heavy (non-hydrogen) atoms. The maximum Gasteiger partial charge on any atom is 0.161 e. The van der Waals surface area contributed by atoms with Crippen LogP contribution in [0, 0.1) is 6.92 Å². The number of pyridine rings is 1. The highest BCUT2D eigenvalue weighted by Crippen LogP contribution is 2.32. The van der Waals surface area contributed by atoms with Crippen LogP contribution in [-0.2, 0) is 0 Å². The largest absolute Gasteiger partial charge is 0.490 e. The van der Waals surface area contributed by atoms with Crippen molar-refractivity contribution in [1.82, 2.24) is 10.4 Å². The van der Waals surface area contributed by atoms with E-state index in [2.05, 4.69) is 29.5 Å². The van der Waals surface area contributed by atoms with Gasteiger partial charge >= 0.3 is 0 Å². The van der Waals surface area contributed by atoms with Crippen LogP contribution in [0.5, 0.6) is 11.5 Å². The number of hydrogen-bond acceptors (Lipinski definition) is 6. The van der Waals surface area contributed by atoms with Gasteiger partial charge in [0.25, 0.3) is 0 Å². The lowest BCUT2D eigenvalue weighted by atomic mass is 9.98. The fourth-order valence-corrected chi connectivity index (χ4v) is 3.31. The van der Waals surface area contributed by atoms with Crippen molar-refractivity contribution in [2.24, 2.45) is 10.1 Å². The van der Waals surface area contributed by atoms with Crippen LogP contribution in [0.1, 0.15) is 36.1 Å². The Labute approximate surface area is 176 Å². The molecule has 2 aromatic carbocycles. The number of aromatic nitrogens is 1. The van der Waals surface area contributed by atoms with Gasteiger partial charge in [-0.15, -0.1) is 0 Å². The fourth-order valence-electron chi connectivity index (χ4n) is 3.31. The smallest absolute Gasteiger partial charge is 0.161 e. The van der Waals surface area contributed by atoms with Gasteiger partial charge in [0.15, 0.2) is 17.3 Å². The summed E-state index contributed by atoms with van der Waals surface area (Å²) < 4.78 is 11.5. The maximum atomic E-state index is 5.82. The van der Waals surface area contributed by atoms with E-state index in [4.69, 9.17) is 19.6 Å². The number of ether oxygens (including phenoxy) is 2. The minimum atomic E-state index is 0.555. The Bertz CT molecular complexity index is 1110. The molecule has 6 heteroatoms. The topological polar surface area (TPSA) is 68.1 Å². The summed E-state index contributed by atoms with van der Waals surface area (Å²) in [5.41, 5.74) is 8.73. The number of hydrazone groups is 1. The van der Waals surface area contributed by atoms with Crippen LogP contribution in [-0.4, -0.2) is 29.7 Å². The first-order valence-corrected chi connectivity index (χ1v) is 10.0. The highest BCUT2D eigenvalue weighted by molar-refractivity contribution is 6.18. The van der Waals surface area contributed by atoms with Gasteiger partial charge in [0.2, 0.25) is 0 Å². The van der Waals surface area contributed by atoms with Crippen molar-refractivity contribution in [3.63, 3.8) is 0 Å². The summed E-state index contributed by atoms with van der Waals surface area (Å²) in [4.78, 5) is 8.93. The normalized spacial score (nSPS) is 12.8. The molecule has 1 aromatic heterocycles. The number of fused-ring (bicyclic) bond motifs is 1. The van der Waals surface area contributed by atoms with Crippen LogP contribution >= 0.6 is 0 Å². The van der Waals surface area contributed by atoms with Gasteiger partial charge in [-0.3, -0.25) is 10.4 Å². The van der Waals surface area contributed by atoms with Crippen molar-refractivity contribution >= 4 is 17.2 Å². The zero-order chi connectivity index (χ0) is 20.9. The van der Waals surface area contributed by atoms with Gasteiger partial charge in [-0.1, -0.05) is 11.6 Å². The van der Waals surface area contributed by atoms with E-state index in [1.807, 2.05) is 50.2 Å². The molecule has 2 heterocycles. The SMILES string of the molecule is CCOc1ccc(C2=NNC(c3ccncc3)=Nc3ccc(C)cc32)cc1OCC. The Morgan fingerprint density at radius 2 is 1.60 bits per heavy atom. The quantitative estimate of drug-likeness (QED) is 0.655. The molecule has 0 saturated carbocycles. The van der Waals surface area contributed by atoms with E-state index >= 15 is 0 Å². The van der Waals surface area contributed by atoms with E-state index in [0.717, 1.165) is 39.4 Å². The van der Waals surface area contributed by atoms with Gasteiger partial charge in [-0.2, -0.15) is 5.10 Å². The van der Waals surface area contributed by atoms with E-state index in [9.17, 15) is 0 Å². The second kappa shape index (κ2) is 8.78. The summed E-state index contributed by atoms with van der Waals surface area (Å²) in [6.45, 7) is 7.11. The first-order chi connectivity index (χ1) is 14.7. The second-order valence-corrected chi connectivity index (χ2v) is 6.82. The van der Waals surface area contributed by atoms with Crippen LogP contribution in [0.3, 0.4) is 0 Å². The van der Waals surface area contributed by atoms with E-state index in [1.165, 1.54) is 0 Å². The van der Waals surface area contributed by atoms with Crippen molar-refractivity contribution in [2.45, 2.75) is 20.8 Å². The summed E-state index contributed by atoms with van der Waals surface area (Å²) in [5, 5.41) is 4.73. The number of aryl methyl sites for hydroxylation is 1. The number of aliphatic imine (C=N–C) groups is 1. The molecule has 0 amide bonds. The first-order valence-electron chi connectivity index (χ1n) is 10.0. The van der Waals surface area contributed by atoms with Crippen molar-refractivity contribution in [1.29, 1.82) is 0 Å². The number of amidine groups is 1. The predicted molar refractivity (Wildman–Crippen MR) is 119 cm³/mol. The van der Waals surface area contributed by atoms with Gasteiger partial charge in [0, 0.05) is 29.1 Å². The van der Waals surface area contributed by atoms with Gasteiger partial charge < -0.3 is 9.47 Å². The third-order valence-electron chi connectivity index (χ3n) is 4.68. The van der Waals surface area contributed by atoms with Crippen LogP contribution in [0.4, 0.5) is 5.69 Å². The van der Waals surface area contributed by atoms with Crippen molar-refractivity contribution in [3.05, 3.63) is 83.2 Å². The molecule has 0 unspecified atom stereocenters. The van der Waals surface area contributed by atoms with Crippen LogP contribution < -0.4 is 14.9 Å². The fraction of sp³-hybridized carbons (Fsp3) is 0.208.